The normalized spacial score (nSPS) is 9.92. The first-order chi connectivity index (χ1) is 6.29. The van der Waals surface area contributed by atoms with E-state index in [1.807, 2.05) is 18.2 Å². The lowest BCUT2D eigenvalue weighted by molar-refractivity contribution is -0.109. The molecule has 0 atom stereocenters. The Morgan fingerprint density at radius 2 is 2.08 bits per heavy atom. The van der Waals surface area contributed by atoms with Crippen molar-refractivity contribution < 1.29 is 4.79 Å². The van der Waals surface area contributed by atoms with Crippen molar-refractivity contribution in [3.8, 4) is 0 Å². The first kappa shape index (κ1) is 10.3. The minimum absolute atomic E-state index is 0.153. The first-order valence-corrected chi connectivity index (χ1v) is 5.15. The highest BCUT2D eigenvalue weighted by molar-refractivity contribution is 8.13. The molecule has 0 saturated heterocycles. The topological polar surface area (TPSA) is 29.1 Å². The Kier molecular flexibility index (Phi) is 4.57. The van der Waals surface area contributed by atoms with E-state index in [2.05, 4.69) is 17.4 Å². The van der Waals surface area contributed by atoms with Gasteiger partial charge < -0.3 is 5.32 Å². The summed E-state index contributed by atoms with van der Waals surface area (Å²) in [5, 5.41) is 3.33. The summed E-state index contributed by atoms with van der Waals surface area (Å²) in [7, 11) is 0. The van der Waals surface area contributed by atoms with Gasteiger partial charge in [-0.2, -0.15) is 0 Å². The molecule has 0 radical (unpaired) electrons. The molecule has 0 bridgehead atoms. The second-order valence-corrected chi connectivity index (χ2v) is 3.84. The molecule has 0 heterocycles. The van der Waals surface area contributed by atoms with Crippen molar-refractivity contribution in [1.82, 2.24) is 5.32 Å². The summed E-state index contributed by atoms with van der Waals surface area (Å²) < 4.78 is 0. The molecule has 13 heavy (non-hydrogen) atoms. The molecule has 0 aliphatic heterocycles. The lowest BCUT2D eigenvalue weighted by Crippen LogP contribution is -2.12. The number of benzene rings is 1. The summed E-state index contributed by atoms with van der Waals surface area (Å²) in [4.78, 5) is 10.6. The van der Waals surface area contributed by atoms with Crippen LogP contribution in [0.4, 0.5) is 0 Å². The molecular weight excluding hydrogens is 182 g/mol. The fourth-order valence-electron chi connectivity index (χ4n) is 0.944. The van der Waals surface area contributed by atoms with Crippen LogP contribution in [0.1, 0.15) is 12.5 Å². The van der Waals surface area contributed by atoms with Crippen molar-refractivity contribution in [1.29, 1.82) is 0 Å². The van der Waals surface area contributed by atoms with Crippen LogP contribution in [0.2, 0.25) is 0 Å². The molecule has 3 heteroatoms. The van der Waals surface area contributed by atoms with E-state index in [9.17, 15) is 4.79 Å². The predicted molar refractivity (Wildman–Crippen MR) is 56.4 cm³/mol. The second-order valence-electron chi connectivity index (χ2n) is 2.69. The lowest BCUT2D eigenvalue weighted by Gasteiger charge is -2.02. The number of nitrogens with one attached hydrogen (secondary N) is 1. The molecular formula is C10H13NOS. The van der Waals surface area contributed by atoms with Crippen LogP contribution >= 0.6 is 11.8 Å². The van der Waals surface area contributed by atoms with Crippen LogP contribution in [-0.4, -0.2) is 11.0 Å². The summed E-state index contributed by atoms with van der Waals surface area (Å²) in [6.45, 7) is 2.40. The smallest absolute Gasteiger partial charge is 0.187 e. The number of carbonyl (C=O) groups is 1. The van der Waals surface area contributed by atoms with E-state index in [0.717, 1.165) is 6.54 Å². The number of rotatable bonds is 4. The van der Waals surface area contributed by atoms with E-state index in [0.29, 0.717) is 5.88 Å². The number of carbonyl (C=O) groups excluding carboxylic acids is 1. The molecule has 0 aromatic heterocycles. The fraction of sp³-hybridized carbons (Fsp3) is 0.300. The highest BCUT2D eigenvalue weighted by Gasteiger charge is 1.93. The Labute approximate surface area is 82.7 Å². The van der Waals surface area contributed by atoms with Gasteiger partial charge in [0.2, 0.25) is 0 Å². The molecule has 1 N–H and O–H groups in total. The minimum Gasteiger partial charge on any atom is -0.303 e. The summed E-state index contributed by atoms with van der Waals surface area (Å²) in [5.74, 6) is 0.685. The third-order valence-electron chi connectivity index (χ3n) is 1.55. The van der Waals surface area contributed by atoms with Crippen LogP contribution in [0.15, 0.2) is 30.3 Å². The molecule has 2 nitrogen and oxygen atoms in total. The van der Waals surface area contributed by atoms with Crippen molar-refractivity contribution in [2.24, 2.45) is 0 Å². The van der Waals surface area contributed by atoms with Gasteiger partial charge in [0.15, 0.2) is 5.12 Å². The molecule has 70 valence electrons. The summed E-state index contributed by atoms with van der Waals surface area (Å²) in [6.07, 6.45) is 0. The maximum atomic E-state index is 10.6. The monoisotopic (exact) mass is 195 g/mol. The van der Waals surface area contributed by atoms with E-state index in [1.165, 1.54) is 17.3 Å². The minimum atomic E-state index is 0.153. The van der Waals surface area contributed by atoms with Gasteiger partial charge in [0.05, 0.1) is 0 Å². The number of hydrogen-bond acceptors (Lipinski definition) is 3. The van der Waals surface area contributed by atoms with Gasteiger partial charge in [-0.05, 0) is 5.56 Å². The Morgan fingerprint density at radius 3 is 2.69 bits per heavy atom. The quantitative estimate of drug-likeness (QED) is 0.588. The van der Waals surface area contributed by atoms with Crippen molar-refractivity contribution in [2.75, 3.05) is 5.88 Å². The molecule has 0 aliphatic carbocycles. The predicted octanol–water partition coefficient (Wildman–Crippen LogP) is 2.01. The standard InChI is InChI=1S/C10H13NOS/c1-9(12)13-8-11-7-10-5-3-2-4-6-10/h2-6,11H,7-8H2,1H3. The SMILES string of the molecule is CC(=O)SCNCc1ccccc1. The van der Waals surface area contributed by atoms with Gasteiger partial charge in [-0.1, -0.05) is 42.1 Å². The third-order valence-corrected chi connectivity index (χ3v) is 2.30. The van der Waals surface area contributed by atoms with E-state index >= 15 is 0 Å². The molecule has 0 aliphatic rings. The maximum absolute atomic E-state index is 10.6. The molecule has 1 rings (SSSR count). The molecule has 1 aromatic carbocycles. The Hall–Kier alpha value is -0.800. The molecule has 0 spiro atoms. The van der Waals surface area contributed by atoms with Crippen molar-refractivity contribution in [2.45, 2.75) is 13.5 Å². The van der Waals surface area contributed by atoms with Gasteiger partial charge in [-0.25, -0.2) is 0 Å². The first-order valence-electron chi connectivity index (χ1n) is 4.17. The fourth-order valence-corrected chi connectivity index (χ4v) is 1.35. The van der Waals surface area contributed by atoms with Crippen LogP contribution in [0, 0.1) is 0 Å². The molecule has 0 fully saturated rings. The summed E-state index contributed by atoms with van der Waals surface area (Å²) >= 11 is 1.30. The van der Waals surface area contributed by atoms with E-state index in [1.54, 1.807) is 6.92 Å². The van der Waals surface area contributed by atoms with Crippen LogP contribution in [0.5, 0.6) is 0 Å². The zero-order valence-corrected chi connectivity index (χ0v) is 8.43. The van der Waals surface area contributed by atoms with E-state index in [-0.39, 0.29) is 5.12 Å². The van der Waals surface area contributed by atoms with Gasteiger partial charge in [-0.3, -0.25) is 4.79 Å². The average Bonchev–Trinajstić information content (AvgIpc) is 2.14. The zero-order valence-electron chi connectivity index (χ0n) is 7.62. The molecule has 1 aromatic rings. The van der Waals surface area contributed by atoms with Crippen LogP contribution in [0.25, 0.3) is 0 Å². The van der Waals surface area contributed by atoms with Crippen molar-refractivity contribution in [3.63, 3.8) is 0 Å². The van der Waals surface area contributed by atoms with Gasteiger partial charge in [0.25, 0.3) is 0 Å². The van der Waals surface area contributed by atoms with E-state index < -0.39 is 0 Å². The van der Waals surface area contributed by atoms with Gasteiger partial charge in [0, 0.05) is 19.3 Å². The van der Waals surface area contributed by atoms with Crippen LogP contribution in [0.3, 0.4) is 0 Å². The van der Waals surface area contributed by atoms with Crippen LogP contribution in [-0.2, 0) is 11.3 Å². The summed E-state index contributed by atoms with van der Waals surface area (Å²) in [5.41, 5.74) is 1.24. The molecule has 0 unspecified atom stereocenters. The van der Waals surface area contributed by atoms with Gasteiger partial charge >= 0.3 is 0 Å². The highest BCUT2D eigenvalue weighted by atomic mass is 32.2. The third kappa shape index (κ3) is 4.70. The van der Waals surface area contributed by atoms with Gasteiger partial charge in [0.1, 0.15) is 0 Å². The largest absolute Gasteiger partial charge is 0.303 e. The molecule has 0 amide bonds. The van der Waals surface area contributed by atoms with E-state index in [4.69, 9.17) is 0 Å². The number of thioether (sulfide) groups is 1. The number of hydrogen-bond donors (Lipinski definition) is 1. The molecule has 0 saturated carbocycles. The maximum Gasteiger partial charge on any atom is 0.187 e. The Morgan fingerprint density at radius 1 is 1.38 bits per heavy atom. The zero-order chi connectivity index (χ0) is 9.52. The average molecular weight is 195 g/mol. The van der Waals surface area contributed by atoms with Crippen LogP contribution < -0.4 is 5.32 Å². The lowest BCUT2D eigenvalue weighted by atomic mass is 10.2. The Bertz CT molecular complexity index is 261. The highest BCUT2D eigenvalue weighted by Crippen LogP contribution is 2.00. The van der Waals surface area contributed by atoms with Crippen molar-refractivity contribution >= 4 is 16.9 Å². The Balaban J connectivity index is 2.17. The second kappa shape index (κ2) is 5.78. The van der Waals surface area contributed by atoms with Crippen molar-refractivity contribution in [3.05, 3.63) is 35.9 Å². The van der Waals surface area contributed by atoms with Gasteiger partial charge in [-0.15, -0.1) is 0 Å². The summed E-state index contributed by atoms with van der Waals surface area (Å²) in [6, 6.07) is 10.1.